The van der Waals surface area contributed by atoms with Gasteiger partial charge in [-0.1, -0.05) is 0 Å². The number of pyridine rings is 3. The van der Waals surface area contributed by atoms with Crippen LogP contribution in [0, 0.1) is 6.92 Å². The number of anilines is 3. The van der Waals surface area contributed by atoms with E-state index in [4.69, 9.17) is 5.73 Å². The predicted molar refractivity (Wildman–Crippen MR) is 109 cm³/mol. The second-order valence-corrected chi connectivity index (χ2v) is 6.75. The molecule has 0 spiro atoms. The van der Waals surface area contributed by atoms with Crippen LogP contribution in [0.4, 0.5) is 17.5 Å². The highest BCUT2D eigenvalue weighted by Crippen LogP contribution is 2.29. The molecule has 0 aliphatic rings. The molecule has 0 saturated carbocycles. The number of aliphatic hydroxyl groups excluding tert-OH is 1. The summed E-state index contributed by atoms with van der Waals surface area (Å²) in [5.41, 5.74) is 9.66. The largest absolute Gasteiger partial charge is 0.387 e. The van der Waals surface area contributed by atoms with Gasteiger partial charge in [0.1, 0.15) is 11.6 Å². The number of nitrogen functional groups attached to an aromatic ring is 1. The molecule has 0 fully saturated rings. The van der Waals surface area contributed by atoms with Crippen LogP contribution in [0.2, 0.25) is 0 Å². The van der Waals surface area contributed by atoms with E-state index in [0.717, 1.165) is 27.6 Å². The fraction of sp³-hybridized carbons (Fsp3) is 0.200. The second-order valence-electron chi connectivity index (χ2n) is 6.75. The summed E-state index contributed by atoms with van der Waals surface area (Å²) in [5.74, 6) is 1.65. The van der Waals surface area contributed by atoms with E-state index in [1.165, 1.54) is 0 Å². The lowest BCUT2D eigenvalue weighted by atomic mass is 10.1. The molecule has 4 aromatic rings. The van der Waals surface area contributed by atoms with Gasteiger partial charge in [0.25, 0.3) is 0 Å². The van der Waals surface area contributed by atoms with Crippen molar-refractivity contribution in [1.82, 2.24) is 24.7 Å². The molecule has 4 rings (SSSR count). The zero-order valence-corrected chi connectivity index (χ0v) is 15.9. The number of rotatable bonds is 4. The van der Waals surface area contributed by atoms with E-state index in [2.05, 4.69) is 25.4 Å². The van der Waals surface area contributed by atoms with Crippen molar-refractivity contribution in [3.8, 4) is 11.3 Å². The fourth-order valence-electron chi connectivity index (χ4n) is 3.18. The lowest BCUT2D eigenvalue weighted by Gasteiger charge is -2.09. The molecule has 0 aliphatic heterocycles. The zero-order valence-electron chi connectivity index (χ0n) is 15.9. The van der Waals surface area contributed by atoms with Gasteiger partial charge >= 0.3 is 0 Å². The average molecular weight is 375 g/mol. The molecule has 1 atom stereocenters. The molecule has 28 heavy (non-hydrogen) atoms. The Labute approximate surface area is 162 Å². The minimum atomic E-state index is -0.603. The van der Waals surface area contributed by atoms with Crippen molar-refractivity contribution >= 4 is 28.2 Å². The van der Waals surface area contributed by atoms with Gasteiger partial charge in [-0.2, -0.15) is 5.10 Å². The first-order chi connectivity index (χ1) is 13.4. The zero-order chi connectivity index (χ0) is 19.8. The number of nitrogens with zero attached hydrogens (tertiary/aromatic N) is 5. The topological polar surface area (TPSA) is 115 Å². The number of hydrogen-bond donors (Lipinski definition) is 3. The van der Waals surface area contributed by atoms with Crippen LogP contribution in [0.1, 0.15) is 24.3 Å². The molecule has 0 radical (unpaired) electrons. The summed E-state index contributed by atoms with van der Waals surface area (Å²) in [4.78, 5) is 13.1. The smallest absolute Gasteiger partial charge is 0.153 e. The Bertz CT molecular complexity index is 1170. The van der Waals surface area contributed by atoms with Crippen molar-refractivity contribution in [1.29, 1.82) is 0 Å². The number of fused-ring (bicyclic) bond motifs is 1. The van der Waals surface area contributed by atoms with Crippen LogP contribution in [-0.4, -0.2) is 29.8 Å². The molecule has 8 heteroatoms. The quantitative estimate of drug-likeness (QED) is 0.502. The number of aryl methyl sites for hydroxylation is 2. The van der Waals surface area contributed by atoms with Crippen LogP contribution in [-0.2, 0) is 7.05 Å². The van der Waals surface area contributed by atoms with E-state index >= 15 is 0 Å². The normalized spacial score (nSPS) is 12.3. The Morgan fingerprint density at radius 1 is 1.18 bits per heavy atom. The molecular formula is C20H21N7O. The lowest BCUT2D eigenvalue weighted by molar-refractivity contribution is 0.189. The van der Waals surface area contributed by atoms with Crippen molar-refractivity contribution in [3.05, 3.63) is 54.1 Å². The van der Waals surface area contributed by atoms with Crippen molar-refractivity contribution in [2.45, 2.75) is 20.0 Å². The average Bonchev–Trinajstić information content (AvgIpc) is 3.02. The Balaban J connectivity index is 1.74. The predicted octanol–water partition coefficient (Wildman–Crippen LogP) is 3.11. The molecular weight excluding hydrogens is 354 g/mol. The second kappa shape index (κ2) is 6.90. The number of hydrogen-bond acceptors (Lipinski definition) is 7. The number of nitrogens with one attached hydrogen (secondary N) is 1. The van der Waals surface area contributed by atoms with Gasteiger partial charge in [0.2, 0.25) is 0 Å². The summed E-state index contributed by atoms with van der Waals surface area (Å²) >= 11 is 0. The Morgan fingerprint density at radius 3 is 2.71 bits per heavy atom. The maximum Gasteiger partial charge on any atom is 0.153 e. The molecule has 4 heterocycles. The maximum atomic E-state index is 9.79. The van der Waals surface area contributed by atoms with Gasteiger partial charge in [-0.25, -0.2) is 9.97 Å². The monoisotopic (exact) mass is 375 g/mol. The highest BCUT2D eigenvalue weighted by Gasteiger charge is 2.12. The summed E-state index contributed by atoms with van der Waals surface area (Å²) < 4.78 is 1.64. The molecule has 0 bridgehead atoms. The highest BCUT2D eigenvalue weighted by molar-refractivity contribution is 5.94. The van der Waals surface area contributed by atoms with Crippen LogP contribution in [0.15, 0.2) is 42.9 Å². The van der Waals surface area contributed by atoms with Crippen molar-refractivity contribution < 1.29 is 5.11 Å². The van der Waals surface area contributed by atoms with Crippen LogP contribution < -0.4 is 11.1 Å². The minimum absolute atomic E-state index is 0.420. The third-order valence-electron chi connectivity index (χ3n) is 4.66. The molecule has 4 N–H and O–H groups in total. The molecule has 0 saturated heterocycles. The minimum Gasteiger partial charge on any atom is -0.387 e. The van der Waals surface area contributed by atoms with E-state index in [1.807, 2.05) is 25.1 Å². The first kappa shape index (κ1) is 17.9. The van der Waals surface area contributed by atoms with Gasteiger partial charge in [0, 0.05) is 42.7 Å². The number of aromatic nitrogens is 5. The molecule has 8 nitrogen and oxygen atoms in total. The fourth-order valence-corrected chi connectivity index (χ4v) is 3.18. The van der Waals surface area contributed by atoms with Gasteiger partial charge in [-0.05, 0) is 43.0 Å². The van der Waals surface area contributed by atoms with Crippen molar-refractivity contribution in [3.63, 3.8) is 0 Å². The summed E-state index contributed by atoms with van der Waals surface area (Å²) in [6.45, 7) is 3.71. The van der Waals surface area contributed by atoms with E-state index in [1.54, 1.807) is 43.3 Å². The summed E-state index contributed by atoms with van der Waals surface area (Å²) in [6.07, 6.45) is 4.63. The number of aliphatic hydroxyl groups is 1. The van der Waals surface area contributed by atoms with Crippen LogP contribution in [0.25, 0.3) is 22.0 Å². The summed E-state index contributed by atoms with van der Waals surface area (Å²) in [6, 6.07) is 7.61. The molecule has 4 aromatic heterocycles. The lowest BCUT2D eigenvalue weighted by Crippen LogP contribution is -2.01. The van der Waals surface area contributed by atoms with E-state index in [9.17, 15) is 5.11 Å². The van der Waals surface area contributed by atoms with Gasteiger partial charge in [-0.15, -0.1) is 0 Å². The Kier molecular flexibility index (Phi) is 4.40. The van der Waals surface area contributed by atoms with Gasteiger partial charge in [0.15, 0.2) is 5.82 Å². The van der Waals surface area contributed by atoms with E-state index in [0.29, 0.717) is 23.1 Å². The summed E-state index contributed by atoms with van der Waals surface area (Å²) in [7, 11) is 1.79. The van der Waals surface area contributed by atoms with Crippen LogP contribution >= 0.6 is 0 Å². The van der Waals surface area contributed by atoms with Crippen LogP contribution in [0.3, 0.4) is 0 Å². The molecule has 0 unspecified atom stereocenters. The van der Waals surface area contributed by atoms with Gasteiger partial charge < -0.3 is 16.2 Å². The Hall–Kier alpha value is -3.52. The third kappa shape index (κ3) is 3.25. The molecule has 0 amide bonds. The molecule has 0 aromatic carbocycles. The first-order valence-electron chi connectivity index (χ1n) is 8.88. The van der Waals surface area contributed by atoms with E-state index in [-0.39, 0.29) is 0 Å². The summed E-state index contributed by atoms with van der Waals surface area (Å²) in [5, 5.41) is 19.0. The molecule has 0 aliphatic carbocycles. The SMILES string of the molecule is Cc1ccncc1-c1cc2cc(Nc3cc([C@@H](C)O)n(C)n3)ncc2c(N)n1. The standard InChI is InChI=1S/C20H21N7O/c1-11-4-5-22-9-14(11)16-6-13-7-18(23-10-15(13)20(21)24-16)25-19-8-17(12(2)28)27(3)26-19/h4-10,12,28H,1-3H3,(H2,21,24)(H,23,25,26)/t12-/m1/s1. The Morgan fingerprint density at radius 2 is 2.00 bits per heavy atom. The van der Waals surface area contributed by atoms with Crippen LogP contribution in [0.5, 0.6) is 0 Å². The maximum absolute atomic E-state index is 9.79. The highest BCUT2D eigenvalue weighted by atomic mass is 16.3. The molecule has 142 valence electrons. The van der Waals surface area contributed by atoms with E-state index < -0.39 is 6.10 Å². The number of nitrogens with two attached hydrogens (primary N) is 1. The van der Waals surface area contributed by atoms with Gasteiger partial charge in [0.05, 0.1) is 17.5 Å². The van der Waals surface area contributed by atoms with Crippen molar-refractivity contribution in [2.24, 2.45) is 7.05 Å². The van der Waals surface area contributed by atoms with Gasteiger partial charge in [-0.3, -0.25) is 9.67 Å². The van der Waals surface area contributed by atoms with Crippen molar-refractivity contribution in [2.75, 3.05) is 11.1 Å². The third-order valence-corrected chi connectivity index (χ3v) is 4.66. The first-order valence-corrected chi connectivity index (χ1v) is 8.88.